The molecule has 36 heavy (non-hydrogen) atoms. The number of aromatic hydroxyl groups is 1. The predicted molar refractivity (Wildman–Crippen MR) is 154 cm³/mol. The number of nitrogens with zero attached hydrogens (tertiary/aromatic N) is 1. The lowest BCUT2D eigenvalue weighted by atomic mass is 9.86. The highest BCUT2D eigenvalue weighted by molar-refractivity contribution is 5.57. The first-order valence-corrected chi connectivity index (χ1v) is 14.5. The molecule has 4 rings (SSSR count). The minimum Gasteiger partial charge on any atom is -0.508 e. The van der Waals surface area contributed by atoms with Gasteiger partial charge in [-0.25, -0.2) is 0 Å². The van der Waals surface area contributed by atoms with E-state index < -0.39 is 0 Å². The standard InChI is InChI=1S/C33H48N2O/c1-25(2)22-32(28-13-14-28)30-10-7-8-27(23-30)12-11-26-17-20-35(21-18-26)33-24-31(36)16-15-29(33)9-5-4-6-19-34-3/h7-8,10,15-16,23-24,26,28,32,34,36H,1,4-6,9,11-14,17-22H2,2-3H3. The number of allylic oxidation sites excluding steroid dienone is 1. The molecule has 0 aromatic heterocycles. The first-order valence-electron chi connectivity index (χ1n) is 14.5. The van der Waals surface area contributed by atoms with Gasteiger partial charge in [0.05, 0.1) is 0 Å². The van der Waals surface area contributed by atoms with Gasteiger partial charge in [0.2, 0.25) is 0 Å². The van der Waals surface area contributed by atoms with Crippen LogP contribution < -0.4 is 10.2 Å². The number of hydrogen-bond acceptors (Lipinski definition) is 3. The third-order valence-corrected chi connectivity index (χ3v) is 8.38. The van der Waals surface area contributed by atoms with Crippen molar-refractivity contribution in [3.05, 3.63) is 71.3 Å². The number of piperidine rings is 1. The van der Waals surface area contributed by atoms with E-state index in [9.17, 15) is 5.11 Å². The minimum absolute atomic E-state index is 0.391. The summed E-state index contributed by atoms with van der Waals surface area (Å²) in [5.74, 6) is 2.73. The van der Waals surface area contributed by atoms with Crippen molar-refractivity contribution in [1.29, 1.82) is 0 Å². The third-order valence-electron chi connectivity index (χ3n) is 8.38. The van der Waals surface area contributed by atoms with Crippen molar-refractivity contribution < 1.29 is 5.11 Å². The second-order valence-electron chi connectivity index (χ2n) is 11.5. The normalized spacial score (nSPS) is 17.3. The second kappa shape index (κ2) is 13.3. The number of aryl methyl sites for hydroxylation is 2. The Balaban J connectivity index is 1.28. The lowest BCUT2D eigenvalue weighted by Crippen LogP contribution is -2.34. The lowest BCUT2D eigenvalue weighted by molar-refractivity contribution is 0.381. The Hall–Kier alpha value is -2.26. The minimum atomic E-state index is 0.391. The molecule has 1 saturated heterocycles. The summed E-state index contributed by atoms with van der Waals surface area (Å²) in [5, 5.41) is 13.4. The topological polar surface area (TPSA) is 35.5 Å². The van der Waals surface area contributed by atoms with Crippen LogP contribution in [0.4, 0.5) is 5.69 Å². The molecular weight excluding hydrogens is 440 g/mol. The van der Waals surface area contributed by atoms with Crippen LogP contribution in [-0.4, -0.2) is 31.8 Å². The molecular formula is C33H48N2O. The molecule has 196 valence electrons. The fourth-order valence-corrected chi connectivity index (χ4v) is 6.10. The van der Waals surface area contributed by atoms with Crippen LogP contribution in [0.1, 0.15) is 87.3 Å². The van der Waals surface area contributed by atoms with Gasteiger partial charge in [-0.15, -0.1) is 6.58 Å². The molecule has 0 spiro atoms. The Morgan fingerprint density at radius 2 is 1.83 bits per heavy atom. The van der Waals surface area contributed by atoms with Crippen LogP contribution in [0.15, 0.2) is 54.6 Å². The zero-order valence-electron chi connectivity index (χ0n) is 22.8. The summed E-state index contributed by atoms with van der Waals surface area (Å²) in [6.07, 6.45) is 13.7. The molecule has 1 atom stereocenters. The van der Waals surface area contributed by atoms with Gasteiger partial charge in [0.15, 0.2) is 0 Å². The Kier molecular flexibility index (Phi) is 9.92. The number of hydrogen-bond donors (Lipinski definition) is 2. The number of anilines is 1. The smallest absolute Gasteiger partial charge is 0.117 e. The molecule has 3 heteroatoms. The average molecular weight is 489 g/mol. The van der Waals surface area contributed by atoms with E-state index in [1.165, 1.54) is 85.7 Å². The molecule has 3 nitrogen and oxygen atoms in total. The van der Waals surface area contributed by atoms with Gasteiger partial charge in [0.25, 0.3) is 0 Å². The Labute approximate surface area is 220 Å². The zero-order valence-corrected chi connectivity index (χ0v) is 22.8. The second-order valence-corrected chi connectivity index (χ2v) is 11.5. The van der Waals surface area contributed by atoms with E-state index in [-0.39, 0.29) is 0 Å². The highest BCUT2D eigenvalue weighted by atomic mass is 16.3. The first kappa shape index (κ1) is 26.8. The Bertz CT molecular complexity index is 971. The summed E-state index contributed by atoms with van der Waals surface area (Å²) in [4.78, 5) is 2.53. The van der Waals surface area contributed by atoms with Crippen molar-refractivity contribution in [3.63, 3.8) is 0 Å². The van der Waals surface area contributed by atoms with Crippen LogP contribution in [0.3, 0.4) is 0 Å². The maximum atomic E-state index is 10.2. The monoisotopic (exact) mass is 488 g/mol. The van der Waals surface area contributed by atoms with Crippen LogP contribution in [-0.2, 0) is 12.8 Å². The molecule has 2 aromatic rings. The molecule has 0 radical (unpaired) electrons. The van der Waals surface area contributed by atoms with Gasteiger partial charge >= 0.3 is 0 Å². The van der Waals surface area contributed by atoms with Crippen molar-refractivity contribution in [2.75, 3.05) is 31.6 Å². The predicted octanol–water partition coefficient (Wildman–Crippen LogP) is 7.63. The van der Waals surface area contributed by atoms with Crippen LogP contribution in [0.5, 0.6) is 5.75 Å². The van der Waals surface area contributed by atoms with Crippen molar-refractivity contribution in [1.82, 2.24) is 5.32 Å². The number of rotatable bonds is 14. The van der Waals surface area contributed by atoms with Gasteiger partial charge in [0, 0.05) is 24.8 Å². The summed E-state index contributed by atoms with van der Waals surface area (Å²) in [6.45, 7) is 9.67. The summed E-state index contributed by atoms with van der Waals surface area (Å²) in [6, 6.07) is 15.5. The van der Waals surface area contributed by atoms with E-state index in [4.69, 9.17) is 0 Å². The number of phenolic OH excluding ortho intramolecular Hbond substituents is 1. The van der Waals surface area contributed by atoms with E-state index in [2.05, 4.69) is 54.1 Å². The van der Waals surface area contributed by atoms with Gasteiger partial charge in [-0.1, -0.05) is 42.3 Å². The maximum absolute atomic E-state index is 10.2. The van der Waals surface area contributed by atoms with Gasteiger partial charge in [-0.2, -0.15) is 0 Å². The van der Waals surface area contributed by atoms with Crippen molar-refractivity contribution in [3.8, 4) is 5.75 Å². The third kappa shape index (κ3) is 7.87. The van der Waals surface area contributed by atoms with Crippen LogP contribution >= 0.6 is 0 Å². The number of benzene rings is 2. The van der Waals surface area contributed by atoms with Crippen molar-refractivity contribution in [2.45, 2.75) is 83.5 Å². The van der Waals surface area contributed by atoms with Crippen LogP contribution in [0, 0.1) is 11.8 Å². The largest absolute Gasteiger partial charge is 0.508 e. The number of unbranched alkanes of at least 4 members (excludes halogenated alkanes) is 2. The van der Waals surface area contributed by atoms with Crippen molar-refractivity contribution >= 4 is 5.69 Å². The fraction of sp³-hybridized carbons (Fsp3) is 0.576. The maximum Gasteiger partial charge on any atom is 0.117 e. The van der Waals surface area contributed by atoms with Crippen LogP contribution in [0.2, 0.25) is 0 Å². The van der Waals surface area contributed by atoms with E-state index in [1.807, 2.05) is 19.2 Å². The number of nitrogens with one attached hydrogen (secondary N) is 1. The van der Waals surface area contributed by atoms with Gasteiger partial charge < -0.3 is 15.3 Å². The molecule has 0 bridgehead atoms. The quantitative estimate of drug-likeness (QED) is 0.212. The molecule has 1 aliphatic heterocycles. The summed E-state index contributed by atoms with van der Waals surface area (Å²) in [5.41, 5.74) is 7.02. The summed E-state index contributed by atoms with van der Waals surface area (Å²) < 4.78 is 0. The molecule has 0 amide bonds. The van der Waals surface area contributed by atoms with Crippen molar-refractivity contribution in [2.24, 2.45) is 11.8 Å². The molecule has 1 saturated carbocycles. The fourth-order valence-electron chi connectivity index (χ4n) is 6.10. The van der Waals surface area contributed by atoms with Gasteiger partial charge in [0.1, 0.15) is 5.75 Å². The van der Waals surface area contributed by atoms with E-state index in [0.29, 0.717) is 11.7 Å². The molecule has 1 unspecified atom stereocenters. The van der Waals surface area contributed by atoms with E-state index in [1.54, 1.807) is 0 Å². The van der Waals surface area contributed by atoms with Gasteiger partial charge in [-0.3, -0.25) is 0 Å². The molecule has 1 aliphatic carbocycles. The SMILES string of the molecule is C=C(C)CC(c1cccc(CCC2CCN(c3cc(O)ccc3CCCCCNC)CC2)c1)C1CC1. The summed E-state index contributed by atoms with van der Waals surface area (Å²) in [7, 11) is 2.02. The van der Waals surface area contributed by atoms with Crippen LogP contribution in [0.25, 0.3) is 0 Å². The Morgan fingerprint density at radius 1 is 1.03 bits per heavy atom. The molecule has 1 heterocycles. The highest BCUT2D eigenvalue weighted by Crippen LogP contribution is 2.45. The molecule has 2 fully saturated rings. The average Bonchev–Trinajstić information content (AvgIpc) is 3.72. The highest BCUT2D eigenvalue weighted by Gasteiger charge is 2.32. The lowest BCUT2D eigenvalue weighted by Gasteiger charge is -2.35. The van der Waals surface area contributed by atoms with Gasteiger partial charge in [-0.05, 0) is 125 Å². The number of phenols is 1. The molecule has 2 aliphatic rings. The zero-order chi connectivity index (χ0) is 25.3. The molecule has 2 aromatic carbocycles. The van der Waals surface area contributed by atoms with E-state index >= 15 is 0 Å². The van der Waals surface area contributed by atoms with E-state index in [0.717, 1.165) is 44.3 Å². The summed E-state index contributed by atoms with van der Waals surface area (Å²) >= 11 is 0. The molecule has 2 N–H and O–H groups in total. The Morgan fingerprint density at radius 3 is 2.56 bits per heavy atom. The first-order chi connectivity index (χ1) is 17.5.